The Morgan fingerprint density at radius 1 is 1.00 bits per heavy atom. The number of nitrogens with one attached hydrogen (secondary N) is 1. The smallest absolute Gasteiger partial charge is 0.341 e. The molecule has 4 rings (SSSR count). The number of amides is 1. The highest BCUT2D eigenvalue weighted by Crippen LogP contribution is 2.42. The van der Waals surface area contributed by atoms with Crippen LogP contribution in [-0.4, -0.2) is 19.0 Å². The summed E-state index contributed by atoms with van der Waals surface area (Å²) in [5.41, 5.74) is 5.58. The molecule has 6 heteroatoms. The van der Waals surface area contributed by atoms with Crippen LogP contribution in [0.2, 0.25) is 0 Å². The van der Waals surface area contributed by atoms with Gasteiger partial charge in [0.1, 0.15) is 10.6 Å². The van der Waals surface area contributed by atoms with Crippen molar-refractivity contribution in [2.24, 2.45) is 0 Å². The van der Waals surface area contributed by atoms with Crippen molar-refractivity contribution in [1.82, 2.24) is 0 Å². The number of carbonyl (C=O) groups excluding carboxylic acids is 2. The van der Waals surface area contributed by atoms with Crippen molar-refractivity contribution in [3.63, 3.8) is 0 Å². The third-order valence-electron chi connectivity index (χ3n) is 5.90. The molecule has 2 aromatic heterocycles. The van der Waals surface area contributed by atoms with Crippen LogP contribution in [0.15, 0.2) is 42.5 Å². The molecule has 170 valence electrons. The van der Waals surface area contributed by atoms with Crippen molar-refractivity contribution in [2.45, 2.75) is 40.5 Å². The largest absolute Gasteiger partial charge is 0.465 e. The van der Waals surface area contributed by atoms with Crippen LogP contribution in [0.3, 0.4) is 0 Å². The van der Waals surface area contributed by atoms with E-state index in [-0.39, 0.29) is 5.91 Å². The van der Waals surface area contributed by atoms with Gasteiger partial charge in [0.2, 0.25) is 0 Å². The average Bonchev–Trinajstić information content (AvgIpc) is 3.33. The molecule has 2 heterocycles. The van der Waals surface area contributed by atoms with E-state index >= 15 is 0 Å². The van der Waals surface area contributed by atoms with E-state index in [2.05, 4.69) is 44.3 Å². The highest BCUT2D eigenvalue weighted by Gasteiger charge is 2.27. The quantitative estimate of drug-likeness (QED) is 0.292. The maximum atomic E-state index is 13.5. The zero-order valence-corrected chi connectivity index (χ0v) is 21.1. The fourth-order valence-corrected chi connectivity index (χ4v) is 6.32. The lowest BCUT2D eigenvalue weighted by molar-refractivity contribution is 0.0603. The van der Waals surface area contributed by atoms with Crippen molar-refractivity contribution in [3.05, 3.63) is 74.5 Å². The van der Waals surface area contributed by atoms with Crippen LogP contribution < -0.4 is 5.32 Å². The minimum absolute atomic E-state index is 0.183. The minimum Gasteiger partial charge on any atom is -0.465 e. The van der Waals surface area contributed by atoms with Crippen LogP contribution in [0, 0.1) is 20.8 Å². The molecule has 0 aliphatic carbocycles. The van der Waals surface area contributed by atoms with E-state index < -0.39 is 5.97 Å². The summed E-state index contributed by atoms with van der Waals surface area (Å²) in [4.78, 5) is 28.0. The minimum atomic E-state index is -0.451. The van der Waals surface area contributed by atoms with Crippen molar-refractivity contribution in [3.8, 4) is 11.1 Å². The van der Waals surface area contributed by atoms with Gasteiger partial charge in [0.15, 0.2) is 0 Å². The van der Waals surface area contributed by atoms with Gasteiger partial charge in [0.05, 0.1) is 12.0 Å². The third-order valence-corrected chi connectivity index (χ3v) is 8.13. The molecule has 0 aliphatic heterocycles. The number of hydrogen-bond donors (Lipinski definition) is 1. The zero-order valence-electron chi connectivity index (χ0n) is 19.5. The van der Waals surface area contributed by atoms with Crippen LogP contribution in [0.25, 0.3) is 21.2 Å². The summed E-state index contributed by atoms with van der Waals surface area (Å²) in [6, 6.07) is 14.3. The lowest BCUT2D eigenvalue weighted by atomic mass is 9.97. The van der Waals surface area contributed by atoms with Crippen molar-refractivity contribution >= 4 is 49.6 Å². The Hall–Kier alpha value is -2.96. The summed E-state index contributed by atoms with van der Waals surface area (Å²) in [6.07, 6.45) is 1.78. The Bertz CT molecular complexity index is 1360. The molecule has 4 nitrogen and oxygen atoms in total. The molecule has 1 amide bonds. The first kappa shape index (κ1) is 23.2. The Balaban J connectivity index is 1.80. The van der Waals surface area contributed by atoms with Crippen LogP contribution in [0.1, 0.15) is 54.9 Å². The summed E-state index contributed by atoms with van der Waals surface area (Å²) in [5.74, 6) is -0.634. The van der Waals surface area contributed by atoms with Crippen molar-refractivity contribution < 1.29 is 14.3 Å². The summed E-state index contributed by atoms with van der Waals surface area (Å²) in [6.45, 7) is 8.20. The number of carbonyl (C=O) groups is 2. The molecule has 0 spiro atoms. The van der Waals surface area contributed by atoms with E-state index in [1.807, 2.05) is 31.2 Å². The van der Waals surface area contributed by atoms with Crippen LogP contribution in [0.4, 0.5) is 5.00 Å². The van der Waals surface area contributed by atoms with E-state index in [1.54, 1.807) is 0 Å². The van der Waals surface area contributed by atoms with Crippen LogP contribution >= 0.6 is 22.7 Å². The number of anilines is 1. The predicted molar refractivity (Wildman–Crippen MR) is 139 cm³/mol. The molecule has 0 radical (unpaired) electrons. The second-order valence-electron chi connectivity index (χ2n) is 8.14. The highest BCUT2D eigenvalue weighted by atomic mass is 32.1. The van der Waals surface area contributed by atoms with Gasteiger partial charge in [-0.05, 0) is 60.9 Å². The number of fused-ring (bicyclic) bond motifs is 1. The third kappa shape index (κ3) is 4.33. The van der Waals surface area contributed by atoms with E-state index in [4.69, 9.17) is 4.74 Å². The number of thiophene rings is 2. The van der Waals surface area contributed by atoms with Gasteiger partial charge in [-0.2, -0.15) is 0 Å². The standard InChI is InChI=1S/C27H27NO3S2/c1-6-9-20-19-10-7-8-11-21(19)33-24(20)25(29)28-26-23(27(30)31-5)22(17(4)32-26)18-13-12-15(2)16(3)14-18/h7-8,10-14H,6,9H2,1-5H3,(H,28,29). The summed E-state index contributed by atoms with van der Waals surface area (Å²) >= 11 is 2.91. The molecule has 1 N–H and O–H groups in total. The van der Waals surface area contributed by atoms with Gasteiger partial charge in [0, 0.05) is 15.1 Å². The monoisotopic (exact) mass is 477 g/mol. The number of methoxy groups -OCH3 is 1. The molecule has 0 aliphatic rings. The Morgan fingerprint density at radius 3 is 2.45 bits per heavy atom. The number of rotatable bonds is 6. The molecule has 0 saturated carbocycles. The average molecular weight is 478 g/mol. The summed E-state index contributed by atoms with van der Waals surface area (Å²) in [7, 11) is 1.37. The van der Waals surface area contributed by atoms with Gasteiger partial charge in [-0.1, -0.05) is 49.7 Å². The number of ether oxygens (including phenoxy) is 1. The van der Waals surface area contributed by atoms with Crippen molar-refractivity contribution in [2.75, 3.05) is 12.4 Å². The summed E-state index contributed by atoms with van der Waals surface area (Å²) in [5, 5.41) is 4.70. The van der Waals surface area contributed by atoms with Gasteiger partial charge in [-0.25, -0.2) is 4.79 Å². The first-order valence-electron chi connectivity index (χ1n) is 11.0. The SMILES string of the molecule is CCCc1c(C(=O)Nc2sc(C)c(-c3ccc(C)c(C)c3)c2C(=O)OC)sc2ccccc12. The molecule has 2 aromatic carbocycles. The number of aryl methyl sites for hydroxylation is 4. The molecule has 0 saturated heterocycles. The highest BCUT2D eigenvalue weighted by molar-refractivity contribution is 7.21. The molecule has 0 unspecified atom stereocenters. The van der Waals surface area contributed by atoms with Crippen LogP contribution in [-0.2, 0) is 11.2 Å². The number of benzene rings is 2. The lowest BCUT2D eigenvalue weighted by Crippen LogP contribution is -2.14. The van der Waals surface area contributed by atoms with Gasteiger partial charge in [0.25, 0.3) is 5.91 Å². The second-order valence-corrected chi connectivity index (χ2v) is 10.4. The molecule has 0 atom stereocenters. The summed E-state index contributed by atoms with van der Waals surface area (Å²) < 4.78 is 6.22. The number of hydrogen-bond acceptors (Lipinski definition) is 5. The van der Waals surface area contributed by atoms with Gasteiger partial charge < -0.3 is 10.1 Å². The molecule has 33 heavy (non-hydrogen) atoms. The van der Waals surface area contributed by atoms with Crippen LogP contribution in [0.5, 0.6) is 0 Å². The molecular weight excluding hydrogens is 450 g/mol. The van der Waals surface area contributed by atoms with Crippen molar-refractivity contribution in [1.29, 1.82) is 0 Å². The second kappa shape index (κ2) is 9.49. The Kier molecular flexibility index (Phi) is 6.68. The van der Waals surface area contributed by atoms with E-state index in [0.29, 0.717) is 15.4 Å². The Labute approximate surface area is 202 Å². The zero-order chi connectivity index (χ0) is 23.7. The van der Waals surface area contributed by atoms with Gasteiger partial charge in [-0.15, -0.1) is 22.7 Å². The molecular formula is C27H27NO3S2. The maximum absolute atomic E-state index is 13.5. The fourth-order valence-electron chi connectivity index (χ4n) is 4.11. The van der Waals surface area contributed by atoms with Gasteiger partial charge in [-0.3, -0.25) is 4.79 Å². The molecule has 0 bridgehead atoms. The lowest BCUT2D eigenvalue weighted by Gasteiger charge is -2.10. The van der Waals surface area contributed by atoms with Gasteiger partial charge >= 0.3 is 5.97 Å². The fraction of sp³-hybridized carbons (Fsp3) is 0.259. The Morgan fingerprint density at radius 2 is 1.76 bits per heavy atom. The van der Waals surface area contributed by atoms with E-state index in [9.17, 15) is 9.59 Å². The number of esters is 1. The predicted octanol–water partition coefficient (Wildman–Crippen LogP) is 7.55. The maximum Gasteiger partial charge on any atom is 0.341 e. The normalized spacial score (nSPS) is 11.1. The van der Waals surface area contributed by atoms with E-state index in [1.165, 1.54) is 35.3 Å². The molecule has 0 fully saturated rings. The first-order valence-corrected chi connectivity index (χ1v) is 12.6. The molecule has 4 aromatic rings. The first-order chi connectivity index (χ1) is 15.8. The topological polar surface area (TPSA) is 55.4 Å². The van der Waals surface area contributed by atoms with E-state index in [0.717, 1.165) is 50.1 Å².